The smallest absolute Gasteiger partial charge is 0.135 e. The Kier molecular flexibility index (Phi) is 5.98. The maximum atomic E-state index is 7.16. The molecular weight excluding hydrogens is 657 g/mol. The van der Waals surface area contributed by atoms with Gasteiger partial charge in [0.2, 0.25) is 0 Å². The number of hydrogen-bond donors (Lipinski definition) is 0. The van der Waals surface area contributed by atoms with E-state index in [4.69, 9.17) is 4.42 Å². The average molecular weight is 689 g/mol. The van der Waals surface area contributed by atoms with Crippen LogP contribution < -0.4 is 4.90 Å². The SMILES string of the molecule is c1ccc(N(c2ccccc2)c2ccc3c(c2)C2(c4ccccc4-c4ccc(-n5c6ccccc6c6ccccc65)cc42)c2oc4ccccc4c2-3)cc1. The van der Waals surface area contributed by atoms with E-state index in [-0.39, 0.29) is 0 Å². The van der Waals surface area contributed by atoms with Crippen LogP contribution in [0.5, 0.6) is 0 Å². The minimum absolute atomic E-state index is 0.681. The van der Waals surface area contributed by atoms with Crippen LogP contribution in [0.1, 0.15) is 22.5 Å². The summed E-state index contributed by atoms with van der Waals surface area (Å²) in [7, 11) is 0. The summed E-state index contributed by atoms with van der Waals surface area (Å²) in [6, 6.07) is 70.5. The highest BCUT2D eigenvalue weighted by Crippen LogP contribution is 2.65. The summed E-state index contributed by atoms with van der Waals surface area (Å²) in [6.07, 6.45) is 0. The van der Waals surface area contributed by atoms with Crippen molar-refractivity contribution in [3.63, 3.8) is 0 Å². The van der Waals surface area contributed by atoms with Gasteiger partial charge in [-0.05, 0) is 100 Å². The van der Waals surface area contributed by atoms with Gasteiger partial charge in [0.15, 0.2) is 0 Å². The summed E-state index contributed by atoms with van der Waals surface area (Å²) in [5.41, 5.74) is 15.7. The number of hydrogen-bond acceptors (Lipinski definition) is 2. The van der Waals surface area contributed by atoms with Crippen molar-refractivity contribution in [2.75, 3.05) is 4.90 Å². The van der Waals surface area contributed by atoms with Crippen LogP contribution in [0.4, 0.5) is 17.1 Å². The largest absolute Gasteiger partial charge is 0.459 e. The second-order valence-electron chi connectivity index (χ2n) is 14.4. The lowest BCUT2D eigenvalue weighted by Crippen LogP contribution is -2.26. The maximum Gasteiger partial charge on any atom is 0.135 e. The minimum atomic E-state index is -0.681. The van der Waals surface area contributed by atoms with Crippen molar-refractivity contribution in [1.29, 1.82) is 0 Å². The van der Waals surface area contributed by atoms with E-state index in [0.29, 0.717) is 0 Å². The molecule has 0 saturated heterocycles. The lowest BCUT2D eigenvalue weighted by atomic mass is 9.73. The van der Waals surface area contributed by atoms with Gasteiger partial charge in [0.05, 0.1) is 11.0 Å². The maximum absolute atomic E-state index is 7.16. The number of anilines is 3. The van der Waals surface area contributed by atoms with E-state index in [1.165, 1.54) is 60.8 Å². The van der Waals surface area contributed by atoms with Gasteiger partial charge in [-0.1, -0.05) is 127 Å². The Labute approximate surface area is 312 Å². The number of benzene rings is 8. The molecule has 8 aromatic carbocycles. The molecule has 0 bridgehead atoms. The summed E-state index contributed by atoms with van der Waals surface area (Å²) in [5, 5.41) is 3.65. The molecule has 1 unspecified atom stereocenters. The third-order valence-corrected chi connectivity index (χ3v) is 11.8. The summed E-state index contributed by atoms with van der Waals surface area (Å²) >= 11 is 0. The molecule has 1 atom stereocenters. The molecule has 12 rings (SSSR count). The zero-order chi connectivity index (χ0) is 35.4. The fraction of sp³-hybridized carbons (Fsp3) is 0.0196. The van der Waals surface area contributed by atoms with E-state index in [1.54, 1.807) is 0 Å². The number of rotatable bonds is 4. The van der Waals surface area contributed by atoms with Gasteiger partial charge in [-0.25, -0.2) is 0 Å². The zero-order valence-electron chi connectivity index (χ0n) is 29.3. The van der Waals surface area contributed by atoms with Gasteiger partial charge < -0.3 is 13.9 Å². The van der Waals surface area contributed by atoms with Crippen LogP contribution in [0.2, 0.25) is 0 Å². The third kappa shape index (κ3) is 3.80. The van der Waals surface area contributed by atoms with Gasteiger partial charge >= 0.3 is 0 Å². The highest BCUT2D eigenvalue weighted by molar-refractivity contribution is 6.10. The Hall–Kier alpha value is -7.10. The quantitative estimate of drug-likeness (QED) is 0.184. The fourth-order valence-corrected chi connectivity index (χ4v) is 9.64. The number of furan rings is 1. The van der Waals surface area contributed by atoms with Crippen LogP contribution in [0.25, 0.3) is 60.7 Å². The molecule has 3 nitrogen and oxygen atoms in total. The van der Waals surface area contributed by atoms with Crippen molar-refractivity contribution in [2.45, 2.75) is 5.41 Å². The predicted molar refractivity (Wildman–Crippen MR) is 222 cm³/mol. The highest BCUT2D eigenvalue weighted by Gasteiger charge is 2.55. The lowest BCUT2D eigenvalue weighted by molar-refractivity contribution is 0.506. The molecule has 2 aromatic heterocycles. The van der Waals surface area contributed by atoms with E-state index in [2.05, 4.69) is 204 Å². The van der Waals surface area contributed by atoms with Crippen molar-refractivity contribution in [3.05, 3.63) is 217 Å². The molecule has 0 amide bonds. The molecule has 54 heavy (non-hydrogen) atoms. The third-order valence-electron chi connectivity index (χ3n) is 11.8. The number of para-hydroxylation sites is 5. The van der Waals surface area contributed by atoms with Gasteiger partial charge in [-0.2, -0.15) is 0 Å². The molecule has 0 fully saturated rings. The second-order valence-corrected chi connectivity index (χ2v) is 14.4. The molecule has 0 aliphatic heterocycles. The van der Waals surface area contributed by atoms with Crippen LogP contribution in [0.3, 0.4) is 0 Å². The standard InChI is InChI=1S/C51H32N2O/c1-3-15-33(16-4-1)52(34-17-5-2-6-18-34)35-28-30-41-45(31-35)51(50-49(41)42-22-10-14-26-48(42)54-50)43-23-11-7-19-37(43)38-29-27-36(32-44(38)51)53-46-24-12-8-20-39(46)40-21-9-13-25-47(40)53/h1-32H. The summed E-state index contributed by atoms with van der Waals surface area (Å²) in [4.78, 5) is 2.36. The average Bonchev–Trinajstić information content (AvgIpc) is 3.95. The number of fused-ring (bicyclic) bond motifs is 15. The molecule has 1 spiro atoms. The van der Waals surface area contributed by atoms with Gasteiger partial charge in [0, 0.05) is 44.5 Å². The van der Waals surface area contributed by atoms with E-state index in [0.717, 1.165) is 39.5 Å². The van der Waals surface area contributed by atoms with Crippen molar-refractivity contribution in [2.24, 2.45) is 0 Å². The Morgan fingerprint density at radius 1 is 0.407 bits per heavy atom. The molecule has 2 aliphatic carbocycles. The predicted octanol–water partition coefficient (Wildman–Crippen LogP) is 13.3. The number of aromatic nitrogens is 1. The van der Waals surface area contributed by atoms with Crippen molar-refractivity contribution in [1.82, 2.24) is 4.57 Å². The monoisotopic (exact) mass is 688 g/mol. The van der Waals surface area contributed by atoms with E-state index < -0.39 is 5.41 Å². The van der Waals surface area contributed by atoms with Crippen LogP contribution in [-0.2, 0) is 5.41 Å². The van der Waals surface area contributed by atoms with Gasteiger partial charge in [-0.15, -0.1) is 0 Å². The summed E-state index contributed by atoms with van der Waals surface area (Å²) in [5.74, 6) is 0.993. The van der Waals surface area contributed by atoms with Crippen molar-refractivity contribution >= 4 is 49.8 Å². The molecule has 3 heteroatoms. The molecule has 2 aliphatic rings. The Balaban J connectivity index is 1.19. The topological polar surface area (TPSA) is 21.3 Å². The molecule has 2 heterocycles. The molecular formula is C51H32N2O. The first-order valence-corrected chi connectivity index (χ1v) is 18.6. The number of nitrogens with zero attached hydrogens (tertiary/aromatic N) is 2. The van der Waals surface area contributed by atoms with Gasteiger partial charge in [-0.3, -0.25) is 0 Å². The van der Waals surface area contributed by atoms with E-state index >= 15 is 0 Å². The second kappa shape index (κ2) is 11.0. The lowest BCUT2D eigenvalue weighted by Gasteiger charge is -2.31. The van der Waals surface area contributed by atoms with E-state index in [9.17, 15) is 0 Å². The molecule has 0 saturated carbocycles. The fourth-order valence-electron chi connectivity index (χ4n) is 9.64. The Morgan fingerprint density at radius 2 is 0.963 bits per heavy atom. The van der Waals surface area contributed by atoms with Crippen LogP contribution in [0.15, 0.2) is 199 Å². The first kappa shape index (κ1) is 29.5. The summed E-state index contributed by atoms with van der Waals surface area (Å²) in [6.45, 7) is 0. The normalized spacial score (nSPS) is 15.1. The molecule has 0 radical (unpaired) electrons. The molecule has 252 valence electrons. The molecule has 10 aromatic rings. The van der Waals surface area contributed by atoms with E-state index in [1.807, 2.05) is 0 Å². The highest BCUT2D eigenvalue weighted by atomic mass is 16.3. The minimum Gasteiger partial charge on any atom is -0.459 e. The van der Waals surface area contributed by atoms with Crippen molar-refractivity contribution < 1.29 is 4.42 Å². The van der Waals surface area contributed by atoms with Crippen LogP contribution in [-0.4, -0.2) is 4.57 Å². The first-order valence-electron chi connectivity index (χ1n) is 18.6. The summed E-state index contributed by atoms with van der Waals surface area (Å²) < 4.78 is 9.60. The Morgan fingerprint density at radius 3 is 1.69 bits per heavy atom. The zero-order valence-corrected chi connectivity index (χ0v) is 29.3. The van der Waals surface area contributed by atoms with Gasteiger partial charge in [0.1, 0.15) is 16.8 Å². The van der Waals surface area contributed by atoms with Crippen molar-refractivity contribution in [3.8, 4) is 27.9 Å². The van der Waals surface area contributed by atoms with Crippen LogP contribution in [0, 0.1) is 0 Å². The van der Waals surface area contributed by atoms with Crippen LogP contribution >= 0.6 is 0 Å². The Bertz CT molecular complexity index is 3020. The molecule has 0 N–H and O–H groups in total. The first-order chi connectivity index (χ1) is 26.8. The van der Waals surface area contributed by atoms with Gasteiger partial charge in [0.25, 0.3) is 0 Å².